The van der Waals surface area contributed by atoms with Gasteiger partial charge < -0.3 is 14.6 Å². The van der Waals surface area contributed by atoms with Gasteiger partial charge >= 0.3 is 0 Å². The third-order valence-corrected chi connectivity index (χ3v) is 2.12. The Balaban J connectivity index is 2.97. The Hall–Kier alpha value is -1.29. The highest BCUT2D eigenvalue weighted by Crippen LogP contribution is 2.31. The van der Waals surface area contributed by atoms with Crippen LogP contribution in [0.3, 0.4) is 0 Å². The third-order valence-electron chi connectivity index (χ3n) is 2.12. The highest BCUT2D eigenvalue weighted by molar-refractivity contribution is 5.44. The molecule has 0 amide bonds. The fraction of sp³-hybridized carbons (Fsp3) is 0.455. The Labute approximate surface area is 88.4 Å². The Morgan fingerprint density at radius 3 is 2.53 bits per heavy atom. The number of halogens is 1. The minimum absolute atomic E-state index is 0.0932. The van der Waals surface area contributed by atoms with Gasteiger partial charge in [-0.05, 0) is 30.5 Å². The smallest absolute Gasteiger partial charge is 0.196 e. The molecular weight excluding hydrogens is 199 g/mol. The van der Waals surface area contributed by atoms with Crippen molar-refractivity contribution < 1.29 is 19.0 Å². The highest BCUT2D eigenvalue weighted by atomic mass is 19.1. The first kappa shape index (κ1) is 11.8. The van der Waals surface area contributed by atoms with E-state index in [0.29, 0.717) is 18.6 Å². The van der Waals surface area contributed by atoms with Crippen LogP contribution >= 0.6 is 0 Å². The molecule has 84 valence electrons. The molecule has 15 heavy (non-hydrogen) atoms. The van der Waals surface area contributed by atoms with Crippen LogP contribution in [0.5, 0.6) is 11.5 Å². The summed E-state index contributed by atoms with van der Waals surface area (Å²) in [5.74, 6) is 0.0560. The van der Waals surface area contributed by atoms with Crippen LogP contribution in [0.1, 0.15) is 12.0 Å². The molecule has 0 spiro atoms. The van der Waals surface area contributed by atoms with Crippen molar-refractivity contribution in [2.24, 2.45) is 0 Å². The number of ether oxygens (including phenoxy) is 2. The lowest BCUT2D eigenvalue weighted by Gasteiger charge is -2.10. The van der Waals surface area contributed by atoms with Gasteiger partial charge in [0.05, 0.1) is 14.2 Å². The Bertz CT molecular complexity index is 326. The fourth-order valence-electron chi connectivity index (χ4n) is 1.40. The van der Waals surface area contributed by atoms with Crippen LogP contribution in [-0.2, 0) is 6.42 Å². The molecule has 0 fully saturated rings. The standard InChI is InChI=1S/C11H15FO3/c1-14-10-7-8(4-3-5-13)6-9(12)11(10)15-2/h6-7,13H,3-5H2,1-2H3. The molecule has 4 heteroatoms. The van der Waals surface area contributed by atoms with Crippen LogP contribution in [0.25, 0.3) is 0 Å². The fourth-order valence-corrected chi connectivity index (χ4v) is 1.40. The average molecular weight is 214 g/mol. The Kier molecular flexibility index (Phi) is 4.37. The van der Waals surface area contributed by atoms with Gasteiger partial charge in [0.1, 0.15) is 0 Å². The maximum Gasteiger partial charge on any atom is 0.196 e. The second-order valence-electron chi connectivity index (χ2n) is 3.14. The van der Waals surface area contributed by atoms with E-state index in [1.54, 1.807) is 6.07 Å². The van der Waals surface area contributed by atoms with Gasteiger partial charge in [0.2, 0.25) is 0 Å². The molecule has 3 nitrogen and oxygen atoms in total. The van der Waals surface area contributed by atoms with Gasteiger partial charge in [0.25, 0.3) is 0 Å². The average Bonchev–Trinajstić information content (AvgIpc) is 2.25. The molecule has 0 heterocycles. The normalized spacial score (nSPS) is 10.1. The van der Waals surface area contributed by atoms with Crippen molar-refractivity contribution in [3.63, 3.8) is 0 Å². The molecule has 0 saturated heterocycles. The molecule has 0 atom stereocenters. The first-order valence-corrected chi connectivity index (χ1v) is 4.74. The molecule has 1 N–H and O–H groups in total. The minimum atomic E-state index is -0.440. The van der Waals surface area contributed by atoms with Crippen LogP contribution in [-0.4, -0.2) is 25.9 Å². The topological polar surface area (TPSA) is 38.7 Å². The Morgan fingerprint density at radius 1 is 1.27 bits per heavy atom. The monoisotopic (exact) mass is 214 g/mol. The molecule has 1 aromatic rings. The van der Waals surface area contributed by atoms with Crippen molar-refractivity contribution in [2.75, 3.05) is 20.8 Å². The van der Waals surface area contributed by atoms with Gasteiger partial charge in [0, 0.05) is 6.61 Å². The molecule has 0 aliphatic carbocycles. The number of hydrogen-bond donors (Lipinski definition) is 1. The van der Waals surface area contributed by atoms with Crippen LogP contribution < -0.4 is 9.47 Å². The number of aryl methyl sites for hydroxylation is 1. The van der Waals surface area contributed by atoms with E-state index in [1.165, 1.54) is 20.3 Å². The molecule has 0 aliphatic heterocycles. The van der Waals surface area contributed by atoms with Crippen molar-refractivity contribution in [1.29, 1.82) is 0 Å². The first-order valence-electron chi connectivity index (χ1n) is 4.74. The number of aliphatic hydroxyl groups excluding tert-OH is 1. The summed E-state index contributed by atoms with van der Waals surface area (Å²) >= 11 is 0. The molecule has 0 radical (unpaired) electrons. The predicted molar refractivity (Wildman–Crippen MR) is 54.9 cm³/mol. The van der Waals surface area contributed by atoms with Gasteiger partial charge in [-0.2, -0.15) is 0 Å². The predicted octanol–water partition coefficient (Wildman–Crippen LogP) is 1.77. The third kappa shape index (κ3) is 2.83. The molecule has 0 aromatic heterocycles. The molecule has 0 saturated carbocycles. The molecule has 0 aliphatic rings. The second kappa shape index (κ2) is 5.56. The number of rotatable bonds is 5. The van der Waals surface area contributed by atoms with Crippen molar-refractivity contribution in [3.05, 3.63) is 23.5 Å². The number of hydrogen-bond acceptors (Lipinski definition) is 3. The zero-order chi connectivity index (χ0) is 11.3. The van der Waals surface area contributed by atoms with Gasteiger partial charge in [-0.15, -0.1) is 0 Å². The summed E-state index contributed by atoms with van der Waals surface area (Å²) in [6.07, 6.45) is 1.22. The van der Waals surface area contributed by atoms with E-state index >= 15 is 0 Å². The van der Waals surface area contributed by atoms with E-state index in [9.17, 15) is 4.39 Å². The van der Waals surface area contributed by atoms with E-state index in [4.69, 9.17) is 14.6 Å². The van der Waals surface area contributed by atoms with Gasteiger partial charge in [-0.3, -0.25) is 0 Å². The second-order valence-corrected chi connectivity index (χ2v) is 3.14. The summed E-state index contributed by atoms with van der Waals surface area (Å²) in [4.78, 5) is 0. The number of benzene rings is 1. The quantitative estimate of drug-likeness (QED) is 0.811. The maximum absolute atomic E-state index is 13.5. The van der Waals surface area contributed by atoms with E-state index < -0.39 is 5.82 Å². The molecule has 1 rings (SSSR count). The molecule has 1 aromatic carbocycles. The first-order chi connectivity index (χ1) is 7.22. The summed E-state index contributed by atoms with van der Waals surface area (Å²) in [6.45, 7) is 0.0932. The Morgan fingerprint density at radius 2 is 2.00 bits per heavy atom. The van der Waals surface area contributed by atoms with Crippen molar-refractivity contribution >= 4 is 0 Å². The van der Waals surface area contributed by atoms with E-state index in [2.05, 4.69) is 0 Å². The SMILES string of the molecule is COc1cc(CCCO)cc(F)c1OC. The summed E-state index contributed by atoms with van der Waals surface area (Å²) in [7, 11) is 2.86. The van der Waals surface area contributed by atoms with E-state index in [1.807, 2.05) is 0 Å². The summed E-state index contributed by atoms with van der Waals surface area (Å²) < 4.78 is 23.3. The summed E-state index contributed by atoms with van der Waals surface area (Å²) in [5, 5.41) is 8.67. The van der Waals surface area contributed by atoms with Gasteiger partial charge in [-0.25, -0.2) is 4.39 Å². The lowest BCUT2D eigenvalue weighted by Crippen LogP contribution is -1.97. The zero-order valence-electron chi connectivity index (χ0n) is 8.92. The molecule has 0 bridgehead atoms. The van der Waals surface area contributed by atoms with Crippen molar-refractivity contribution in [3.8, 4) is 11.5 Å². The summed E-state index contributed by atoms with van der Waals surface area (Å²) in [6, 6.07) is 3.12. The van der Waals surface area contributed by atoms with Crippen molar-refractivity contribution in [2.45, 2.75) is 12.8 Å². The zero-order valence-corrected chi connectivity index (χ0v) is 8.92. The van der Waals surface area contributed by atoms with Gasteiger partial charge in [0.15, 0.2) is 17.3 Å². The number of methoxy groups -OCH3 is 2. The summed E-state index contributed by atoms with van der Waals surface area (Å²) in [5.41, 5.74) is 0.791. The van der Waals surface area contributed by atoms with Crippen LogP contribution in [0.15, 0.2) is 12.1 Å². The lowest BCUT2D eigenvalue weighted by molar-refractivity contribution is 0.288. The maximum atomic E-state index is 13.5. The molecule has 0 unspecified atom stereocenters. The van der Waals surface area contributed by atoms with Gasteiger partial charge in [-0.1, -0.05) is 0 Å². The van der Waals surface area contributed by atoms with E-state index in [0.717, 1.165) is 5.56 Å². The van der Waals surface area contributed by atoms with E-state index in [-0.39, 0.29) is 12.4 Å². The van der Waals surface area contributed by atoms with Crippen LogP contribution in [0, 0.1) is 5.82 Å². The van der Waals surface area contributed by atoms with Crippen LogP contribution in [0.4, 0.5) is 4.39 Å². The highest BCUT2D eigenvalue weighted by Gasteiger charge is 2.11. The molecular formula is C11H15FO3. The lowest BCUT2D eigenvalue weighted by atomic mass is 10.1. The van der Waals surface area contributed by atoms with Crippen LogP contribution in [0.2, 0.25) is 0 Å². The van der Waals surface area contributed by atoms with Crippen molar-refractivity contribution in [1.82, 2.24) is 0 Å². The number of aliphatic hydroxyl groups is 1. The largest absolute Gasteiger partial charge is 0.493 e. The minimum Gasteiger partial charge on any atom is -0.493 e.